The molecule has 0 saturated carbocycles. The van der Waals surface area contributed by atoms with Crippen molar-refractivity contribution in [3.05, 3.63) is 35.7 Å². The third-order valence-electron chi connectivity index (χ3n) is 2.51. The van der Waals surface area contributed by atoms with E-state index >= 15 is 0 Å². The SMILES string of the molecule is Cc1n[nH]c(C)c1NS(=O)(=O)c1ccc(O)cc1. The summed E-state index contributed by atoms with van der Waals surface area (Å²) < 4.78 is 26.6. The highest BCUT2D eigenvalue weighted by molar-refractivity contribution is 7.92. The van der Waals surface area contributed by atoms with Crippen LogP contribution in [0.2, 0.25) is 0 Å². The Balaban J connectivity index is 2.36. The van der Waals surface area contributed by atoms with Gasteiger partial charge >= 0.3 is 0 Å². The van der Waals surface area contributed by atoms with Crippen LogP contribution in [0.3, 0.4) is 0 Å². The topological polar surface area (TPSA) is 95.1 Å². The van der Waals surface area contributed by atoms with Crippen LogP contribution in [-0.4, -0.2) is 23.7 Å². The fraction of sp³-hybridized carbons (Fsp3) is 0.182. The van der Waals surface area contributed by atoms with Gasteiger partial charge in [0.1, 0.15) is 5.75 Å². The molecule has 0 saturated heterocycles. The molecule has 0 fully saturated rings. The van der Waals surface area contributed by atoms with Crippen molar-refractivity contribution in [1.82, 2.24) is 10.2 Å². The number of aryl methyl sites for hydroxylation is 2. The summed E-state index contributed by atoms with van der Waals surface area (Å²) in [6.07, 6.45) is 0. The molecule has 2 rings (SSSR count). The number of phenols is 1. The molecule has 0 aliphatic carbocycles. The van der Waals surface area contributed by atoms with Crippen LogP contribution >= 0.6 is 0 Å². The second-order valence-electron chi connectivity index (χ2n) is 3.91. The lowest BCUT2D eigenvalue weighted by molar-refractivity contribution is 0.475. The van der Waals surface area contributed by atoms with Gasteiger partial charge in [0.2, 0.25) is 0 Å². The maximum Gasteiger partial charge on any atom is 0.262 e. The van der Waals surface area contributed by atoms with Crippen LogP contribution in [0.15, 0.2) is 29.2 Å². The van der Waals surface area contributed by atoms with E-state index < -0.39 is 10.0 Å². The first-order valence-electron chi connectivity index (χ1n) is 5.23. The molecule has 0 radical (unpaired) electrons. The summed E-state index contributed by atoms with van der Waals surface area (Å²) in [5.74, 6) is 0.0182. The van der Waals surface area contributed by atoms with E-state index in [-0.39, 0.29) is 10.6 Å². The van der Waals surface area contributed by atoms with Gasteiger partial charge in [-0.25, -0.2) is 8.42 Å². The quantitative estimate of drug-likeness (QED) is 0.786. The lowest BCUT2D eigenvalue weighted by Gasteiger charge is -2.08. The van der Waals surface area contributed by atoms with Crippen LogP contribution in [0.25, 0.3) is 0 Å². The normalized spacial score (nSPS) is 11.4. The van der Waals surface area contributed by atoms with Gasteiger partial charge in [0.15, 0.2) is 0 Å². The molecule has 18 heavy (non-hydrogen) atoms. The molecule has 7 heteroatoms. The third kappa shape index (κ3) is 2.30. The zero-order valence-electron chi connectivity index (χ0n) is 9.93. The first-order valence-corrected chi connectivity index (χ1v) is 6.72. The van der Waals surface area contributed by atoms with E-state index in [2.05, 4.69) is 14.9 Å². The number of aromatic hydroxyl groups is 1. The Morgan fingerprint density at radius 2 is 1.83 bits per heavy atom. The first kappa shape index (κ1) is 12.4. The van der Waals surface area contributed by atoms with Crippen LogP contribution in [0.1, 0.15) is 11.4 Å². The van der Waals surface area contributed by atoms with Gasteiger partial charge in [-0.15, -0.1) is 0 Å². The Morgan fingerprint density at radius 1 is 1.22 bits per heavy atom. The number of rotatable bonds is 3. The van der Waals surface area contributed by atoms with Gasteiger partial charge in [-0.05, 0) is 38.1 Å². The average molecular weight is 267 g/mol. The smallest absolute Gasteiger partial charge is 0.262 e. The minimum Gasteiger partial charge on any atom is -0.508 e. The van der Waals surface area contributed by atoms with Gasteiger partial charge in [-0.2, -0.15) is 5.10 Å². The van der Waals surface area contributed by atoms with Gasteiger partial charge in [0.25, 0.3) is 10.0 Å². The molecule has 1 aromatic heterocycles. The molecular formula is C11H13N3O3S. The summed E-state index contributed by atoms with van der Waals surface area (Å²) in [6.45, 7) is 3.44. The Kier molecular flexibility index (Phi) is 3.00. The Labute approximate surface area is 105 Å². The summed E-state index contributed by atoms with van der Waals surface area (Å²) in [6, 6.07) is 5.32. The van der Waals surface area contributed by atoms with Gasteiger partial charge in [0.05, 0.1) is 22.0 Å². The lowest BCUT2D eigenvalue weighted by atomic mass is 10.3. The van der Waals surface area contributed by atoms with Crippen LogP contribution in [0.4, 0.5) is 5.69 Å². The number of nitrogens with one attached hydrogen (secondary N) is 2. The molecule has 96 valence electrons. The molecule has 0 atom stereocenters. The Morgan fingerprint density at radius 3 is 2.33 bits per heavy atom. The number of H-pyrrole nitrogens is 1. The molecule has 0 aliphatic rings. The molecule has 0 amide bonds. The van der Waals surface area contributed by atoms with Crippen molar-refractivity contribution in [2.24, 2.45) is 0 Å². The predicted octanol–water partition coefficient (Wildman–Crippen LogP) is 1.53. The van der Waals surface area contributed by atoms with Crippen molar-refractivity contribution in [3.8, 4) is 5.75 Å². The molecule has 0 aliphatic heterocycles. The van der Waals surface area contributed by atoms with Gasteiger partial charge in [-0.1, -0.05) is 0 Å². The molecule has 1 aromatic carbocycles. The van der Waals surface area contributed by atoms with Crippen LogP contribution in [0, 0.1) is 13.8 Å². The summed E-state index contributed by atoms with van der Waals surface area (Å²) in [5, 5.41) is 15.8. The van der Waals surface area contributed by atoms with Crippen LogP contribution < -0.4 is 4.72 Å². The number of sulfonamides is 1. The molecule has 3 N–H and O–H groups in total. The minimum absolute atomic E-state index is 0.0182. The number of hydrogen-bond acceptors (Lipinski definition) is 4. The molecule has 1 heterocycles. The van der Waals surface area contributed by atoms with E-state index in [1.165, 1.54) is 24.3 Å². The van der Waals surface area contributed by atoms with Crippen LogP contribution in [0.5, 0.6) is 5.75 Å². The fourth-order valence-corrected chi connectivity index (χ4v) is 2.70. The van der Waals surface area contributed by atoms with Crippen molar-refractivity contribution in [1.29, 1.82) is 0 Å². The maximum absolute atomic E-state index is 12.1. The van der Waals surface area contributed by atoms with Gasteiger partial charge < -0.3 is 5.11 Å². The molecule has 0 bridgehead atoms. The average Bonchev–Trinajstić information content (AvgIpc) is 2.61. The Hall–Kier alpha value is -2.02. The zero-order chi connectivity index (χ0) is 13.3. The molecule has 0 spiro atoms. The number of anilines is 1. The number of aromatic amines is 1. The lowest BCUT2D eigenvalue weighted by Crippen LogP contribution is -2.13. The van der Waals surface area contributed by atoms with E-state index in [4.69, 9.17) is 5.11 Å². The van der Waals surface area contributed by atoms with Crippen molar-refractivity contribution < 1.29 is 13.5 Å². The summed E-state index contributed by atoms with van der Waals surface area (Å²) in [4.78, 5) is 0.0836. The van der Waals surface area contributed by atoms with E-state index in [0.717, 1.165) is 0 Å². The molecule has 6 nitrogen and oxygen atoms in total. The van der Waals surface area contributed by atoms with E-state index in [0.29, 0.717) is 17.1 Å². The molecule has 2 aromatic rings. The van der Waals surface area contributed by atoms with Crippen molar-refractivity contribution in [3.63, 3.8) is 0 Å². The van der Waals surface area contributed by atoms with Crippen molar-refractivity contribution >= 4 is 15.7 Å². The summed E-state index contributed by atoms with van der Waals surface area (Å²) in [5.41, 5.74) is 1.67. The minimum atomic E-state index is -3.67. The maximum atomic E-state index is 12.1. The number of benzene rings is 1. The standard InChI is InChI=1S/C11H13N3O3S/c1-7-11(8(2)13-12-7)14-18(16,17)10-5-3-9(15)4-6-10/h3-6,14-15H,1-2H3,(H,12,13). The zero-order valence-corrected chi connectivity index (χ0v) is 10.7. The Bertz CT molecular complexity index is 640. The number of phenolic OH excluding ortho intramolecular Hbond substituents is 1. The number of hydrogen-bond donors (Lipinski definition) is 3. The summed E-state index contributed by atoms with van der Waals surface area (Å²) in [7, 11) is -3.67. The highest BCUT2D eigenvalue weighted by Gasteiger charge is 2.17. The molecular weight excluding hydrogens is 254 g/mol. The van der Waals surface area contributed by atoms with E-state index in [9.17, 15) is 8.42 Å². The van der Waals surface area contributed by atoms with Gasteiger partial charge in [0, 0.05) is 0 Å². The molecule has 0 unspecified atom stereocenters. The van der Waals surface area contributed by atoms with Crippen molar-refractivity contribution in [2.75, 3.05) is 4.72 Å². The first-order chi connectivity index (χ1) is 8.40. The second-order valence-corrected chi connectivity index (χ2v) is 5.59. The number of aromatic nitrogens is 2. The second kappa shape index (κ2) is 4.34. The van der Waals surface area contributed by atoms with E-state index in [1.54, 1.807) is 13.8 Å². The van der Waals surface area contributed by atoms with Gasteiger partial charge in [-0.3, -0.25) is 9.82 Å². The largest absolute Gasteiger partial charge is 0.508 e. The highest BCUT2D eigenvalue weighted by Crippen LogP contribution is 2.22. The summed E-state index contributed by atoms with van der Waals surface area (Å²) >= 11 is 0. The highest BCUT2D eigenvalue weighted by atomic mass is 32.2. The fourth-order valence-electron chi connectivity index (χ4n) is 1.52. The third-order valence-corrected chi connectivity index (χ3v) is 3.88. The van der Waals surface area contributed by atoms with Crippen LogP contribution in [-0.2, 0) is 10.0 Å². The van der Waals surface area contributed by atoms with Crippen molar-refractivity contribution in [2.45, 2.75) is 18.7 Å². The monoisotopic (exact) mass is 267 g/mol. The predicted molar refractivity (Wildman–Crippen MR) is 67.0 cm³/mol. The van der Waals surface area contributed by atoms with E-state index in [1.807, 2.05) is 0 Å². The number of nitrogens with zero attached hydrogens (tertiary/aromatic N) is 1.